The topological polar surface area (TPSA) is 20.3 Å². The molecule has 0 aromatic rings. The highest BCUT2D eigenvalue weighted by Gasteiger charge is 2.06. The maximum Gasteiger partial charge on any atom is 0.222 e. The summed E-state index contributed by atoms with van der Waals surface area (Å²) in [6.07, 6.45) is 6.37. The Kier molecular flexibility index (Phi) is 9.47. The predicted octanol–water partition coefficient (Wildman–Crippen LogP) is 3.20. The normalized spacial score (nSPS) is 10.2. The molecule has 84 valence electrons. The minimum atomic E-state index is 0.294. The highest BCUT2D eigenvalue weighted by Crippen LogP contribution is 2.03. The van der Waals surface area contributed by atoms with Crippen LogP contribution in [0.2, 0.25) is 0 Å². The van der Waals surface area contributed by atoms with Crippen molar-refractivity contribution in [3.05, 3.63) is 0 Å². The van der Waals surface area contributed by atoms with Gasteiger partial charge in [-0.05, 0) is 19.3 Å². The van der Waals surface area contributed by atoms with E-state index in [1.165, 1.54) is 12.8 Å². The van der Waals surface area contributed by atoms with Gasteiger partial charge in [0.05, 0.1) is 0 Å². The van der Waals surface area contributed by atoms with Gasteiger partial charge in [-0.15, -0.1) is 0 Å². The van der Waals surface area contributed by atoms with E-state index in [1.807, 2.05) is 11.9 Å². The van der Waals surface area contributed by atoms with Gasteiger partial charge in [0.15, 0.2) is 0 Å². The Morgan fingerprint density at radius 3 is 2.50 bits per heavy atom. The van der Waals surface area contributed by atoms with Gasteiger partial charge in [0.2, 0.25) is 5.91 Å². The molecule has 0 aliphatic carbocycles. The van der Waals surface area contributed by atoms with Crippen molar-refractivity contribution in [1.29, 1.82) is 0 Å². The maximum atomic E-state index is 11.5. The van der Waals surface area contributed by atoms with E-state index in [1.54, 1.807) is 0 Å². The zero-order valence-electron chi connectivity index (χ0n) is 9.39. The first kappa shape index (κ1) is 13.9. The van der Waals surface area contributed by atoms with E-state index < -0.39 is 0 Å². The lowest BCUT2D eigenvalue weighted by Crippen LogP contribution is -2.27. The highest BCUT2D eigenvalue weighted by atomic mass is 79.9. The van der Waals surface area contributed by atoms with Gasteiger partial charge in [-0.2, -0.15) is 0 Å². The molecular formula is C11H22BrNO. The fraction of sp³-hybridized carbons (Fsp3) is 0.909. The van der Waals surface area contributed by atoms with Crippen molar-refractivity contribution in [2.45, 2.75) is 45.4 Å². The van der Waals surface area contributed by atoms with Gasteiger partial charge in [-0.3, -0.25) is 4.79 Å². The van der Waals surface area contributed by atoms with Crippen molar-refractivity contribution < 1.29 is 4.79 Å². The first-order valence-corrected chi connectivity index (χ1v) is 6.64. The predicted molar refractivity (Wildman–Crippen MR) is 64.8 cm³/mol. The first-order chi connectivity index (χ1) is 6.72. The molecule has 0 heterocycles. The monoisotopic (exact) mass is 263 g/mol. The summed E-state index contributed by atoms with van der Waals surface area (Å²) < 4.78 is 0. The molecular weight excluding hydrogens is 242 g/mol. The molecule has 0 unspecified atom stereocenters. The van der Waals surface area contributed by atoms with Gasteiger partial charge in [0.1, 0.15) is 0 Å². The van der Waals surface area contributed by atoms with Gasteiger partial charge in [0, 0.05) is 25.3 Å². The molecule has 0 N–H and O–H groups in total. The van der Waals surface area contributed by atoms with Crippen LogP contribution < -0.4 is 0 Å². The lowest BCUT2D eigenvalue weighted by Gasteiger charge is -2.16. The number of nitrogens with zero attached hydrogens (tertiary/aromatic N) is 1. The summed E-state index contributed by atoms with van der Waals surface area (Å²) in [6.45, 7) is 3.10. The number of carbonyl (C=O) groups excluding carboxylic acids is 1. The zero-order valence-corrected chi connectivity index (χ0v) is 11.0. The molecule has 0 atom stereocenters. The summed E-state index contributed by atoms with van der Waals surface area (Å²) in [4.78, 5) is 13.4. The van der Waals surface area contributed by atoms with Crippen LogP contribution in [0, 0.1) is 0 Å². The highest BCUT2D eigenvalue weighted by molar-refractivity contribution is 9.09. The lowest BCUT2D eigenvalue weighted by molar-refractivity contribution is -0.130. The van der Waals surface area contributed by atoms with Gasteiger partial charge in [0.25, 0.3) is 0 Å². The minimum Gasteiger partial charge on any atom is -0.346 e. The smallest absolute Gasteiger partial charge is 0.222 e. The van der Waals surface area contributed by atoms with E-state index in [0.717, 1.165) is 31.1 Å². The first-order valence-electron chi connectivity index (χ1n) is 5.52. The van der Waals surface area contributed by atoms with Crippen LogP contribution in [0.25, 0.3) is 0 Å². The molecule has 2 nitrogen and oxygen atoms in total. The number of alkyl halides is 1. The van der Waals surface area contributed by atoms with Crippen molar-refractivity contribution in [2.24, 2.45) is 0 Å². The second-order valence-corrected chi connectivity index (χ2v) is 4.46. The summed E-state index contributed by atoms with van der Waals surface area (Å²) in [5, 5.41) is 1.000. The van der Waals surface area contributed by atoms with Crippen LogP contribution in [-0.2, 0) is 4.79 Å². The lowest BCUT2D eigenvalue weighted by atomic mass is 10.2. The molecule has 3 heteroatoms. The molecule has 0 spiro atoms. The fourth-order valence-electron chi connectivity index (χ4n) is 1.29. The van der Waals surface area contributed by atoms with Crippen molar-refractivity contribution in [3.8, 4) is 0 Å². The van der Waals surface area contributed by atoms with E-state index in [9.17, 15) is 4.79 Å². The number of halogens is 1. The standard InChI is InChI=1S/C11H22BrNO/c1-3-4-7-10-13(2)11(14)8-5-6-9-12/h3-10H2,1-2H3. The molecule has 0 aliphatic heterocycles. The summed E-state index contributed by atoms with van der Waals surface area (Å²) in [6, 6.07) is 0. The van der Waals surface area contributed by atoms with Gasteiger partial charge < -0.3 is 4.90 Å². The molecule has 0 bridgehead atoms. The van der Waals surface area contributed by atoms with Crippen LogP contribution in [-0.4, -0.2) is 29.7 Å². The van der Waals surface area contributed by atoms with Crippen molar-refractivity contribution in [2.75, 3.05) is 18.9 Å². The second-order valence-electron chi connectivity index (χ2n) is 3.67. The largest absolute Gasteiger partial charge is 0.346 e. The van der Waals surface area contributed by atoms with E-state index in [2.05, 4.69) is 22.9 Å². The fourth-order valence-corrected chi connectivity index (χ4v) is 1.68. The second kappa shape index (κ2) is 9.50. The van der Waals surface area contributed by atoms with Crippen LogP contribution in [0.4, 0.5) is 0 Å². The Bertz CT molecular complexity index is 150. The molecule has 14 heavy (non-hydrogen) atoms. The summed E-state index contributed by atoms with van der Waals surface area (Å²) in [5.41, 5.74) is 0. The third kappa shape index (κ3) is 7.36. The third-order valence-corrected chi connectivity index (χ3v) is 2.86. The van der Waals surface area contributed by atoms with E-state index in [0.29, 0.717) is 12.3 Å². The van der Waals surface area contributed by atoms with Gasteiger partial charge in [-0.25, -0.2) is 0 Å². The van der Waals surface area contributed by atoms with E-state index in [4.69, 9.17) is 0 Å². The number of carbonyl (C=O) groups is 1. The third-order valence-electron chi connectivity index (χ3n) is 2.30. The Morgan fingerprint density at radius 2 is 1.93 bits per heavy atom. The molecule has 0 aromatic heterocycles. The molecule has 0 aromatic carbocycles. The van der Waals surface area contributed by atoms with Crippen molar-refractivity contribution >= 4 is 21.8 Å². The molecule has 0 saturated carbocycles. The summed E-state index contributed by atoms with van der Waals surface area (Å²) in [5.74, 6) is 0.294. The Morgan fingerprint density at radius 1 is 1.21 bits per heavy atom. The number of hydrogen-bond acceptors (Lipinski definition) is 1. The Labute approximate surface area is 96.2 Å². The number of amides is 1. The van der Waals surface area contributed by atoms with Crippen molar-refractivity contribution in [3.63, 3.8) is 0 Å². The van der Waals surface area contributed by atoms with E-state index in [-0.39, 0.29) is 0 Å². The van der Waals surface area contributed by atoms with Gasteiger partial charge >= 0.3 is 0 Å². The Hall–Kier alpha value is -0.0500. The molecule has 0 saturated heterocycles. The van der Waals surface area contributed by atoms with Crippen LogP contribution >= 0.6 is 15.9 Å². The Balaban J connectivity index is 3.44. The molecule has 0 rings (SSSR count). The zero-order chi connectivity index (χ0) is 10.8. The van der Waals surface area contributed by atoms with E-state index >= 15 is 0 Å². The van der Waals surface area contributed by atoms with Crippen molar-refractivity contribution in [1.82, 2.24) is 4.90 Å². The number of unbranched alkanes of at least 4 members (excludes halogenated alkanes) is 3. The van der Waals surface area contributed by atoms with Crippen LogP contribution in [0.3, 0.4) is 0 Å². The maximum absolute atomic E-state index is 11.5. The quantitative estimate of drug-likeness (QED) is 0.487. The molecule has 0 fully saturated rings. The average molecular weight is 264 g/mol. The minimum absolute atomic E-state index is 0.294. The van der Waals surface area contributed by atoms with Crippen LogP contribution in [0.15, 0.2) is 0 Å². The summed E-state index contributed by atoms with van der Waals surface area (Å²) >= 11 is 3.36. The number of hydrogen-bond donors (Lipinski definition) is 0. The van der Waals surface area contributed by atoms with Gasteiger partial charge in [-0.1, -0.05) is 35.7 Å². The number of rotatable bonds is 8. The SMILES string of the molecule is CCCCCN(C)C(=O)CCCCBr. The van der Waals surface area contributed by atoms with Crippen LogP contribution in [0.5, 0.6) is 0 Å². The summed E-state index contributed by atoms with van der Waals surface area (Å²) in [7, 11) is 1.91. The molecule has 0 aliphatic rings. The molecule has 0 radical (unpaired) electrons. The molecule has 1 amide bonds. The van der Waals surface area contributed by atoms with Crippen LogP contribution in [0.1, 0.15) is 45.4 Å². The average Bonchev–Trinajstić information content (AvgIpc) is 2.18.